The average Bonchev–Trinajstić information content (AvgIpc) is 3.15. The van der Waals surface area contributed by atoms with Crippen molar-refractivity contribution in [3.05, 3.63) is 23.8 Å². The Morgan fingerprint density at radius 2 is 1.93 bits per heavy atom. The van der Waals surface area contributed by atoms with E-state index in [1.54, 1.807) is 7.05 Å². The molecule has 8 nitrogen and oxygen atoms in total. The van der Waals surface area contributed by atoms with Crippen LogP contribution in [0.2, 0.25) is 0 Å². The zero-order valence-electron chi connectivity index (χ0n) is 15.6. The molecule has 0 spiro atoms. The van der Waals surface area contributed by atoms with Gasteiger partial charge in [0.2, 0.25) is 13.6 Å². The summed E-state index contributed by atoms with van der Waals surface area (Å²) < 4.78 is 26.0. The predicted octanol–water partition coefficient (Wildman–Crippen LogP) is 2.34. The Kier molecular flexibility index (Phi) is 6.39. The first kappa shape index (κ1) is 19.3. The molecule has 1 atom stereocenters. The second-order valence-corrected chi connectivity index (χ2v) is 6.73. The van der Waals surface area contributed by atoms with Gasteiger partial charge in [0.05, 0.1) is 5.92 Å². The zero-order chi connectivity index (χ0) is 19.2. The Hall–Kier alpha value is -2.48. The summed E-state index contributed by atoms with van der Waals surface area (Å²) in [5.41, 5.74) is 1.03. The monoisotopic (exact) mass is 379 g/mol. The van der Waals surface area contributed by atoms with E-state index >= 15 is 0 Å². The summed E-state index contributed by atoms with van der Waals surface area (Å²) in [6.07, 6.45) is 1.37. The van der Waals surface area contributed by atoms with Gasteiger partial charge >= 0.3 is 12.1 Å². The van der Waals surface area contributed by atoms with Gasteiger partial charge in [-0.2, -0.15) is 0 Å². The fourth-order valence-electron chi connectivity index (χ4n) is 3.02. The maximum atomic E-state index is 12.2. The molecule has 1 aromatic carbocycles. The molecule has 2 aliphatic heterocycles. The first-order valence-corrected chi connectivity index (χ1v) is 9.07. The van der Waals surface area contributed by atoms with Gasteiger partial charge in [-0.3, -0.25) is 4.79 Å². The highest BCUT2D eigenvalue weighted by molar-refractivity contribution is 5.73. The molecular formula is C19H25NO7. The Morgan fingerprint density at radius 1 is 1.19 bits per heavy atom. The quantitative estimate of drug-likeness (QED) is 0.554. The first-order chi connectivity index (χ1) is 13.0. The van der Waals surface area contributed by atoms with Crippen LogP contribution in [0, 0.1) is 5.92 Å². The minimum Gasteiger partial charge on any atom is -0.454 e. The van der Waals surface area contributed by atoms with Gasteiger partial charge in [0, 0.05) is 26.3 Å². The van der Waals surface area contributed by atoms with Gasteiger partial charge in [0.25, 0.3) is 0 Å². The zero-order valence-corrected chi connectivity index (χ0v) is 15.6. The minimum atomic E-state index is -0.539. The van der Waals surface area contributed by atoms with Crippen LogP contribution in [0.15, 0.2) is 18.2 Å². The number of amides is 1. The number of ether oxygens (including phenoxy) is 5. The number of carbonyl (C=O) groups is 2. The van der Waals surface area contributed by atoms with E-state index in [2.05, 4.69) is 0 Å². The van der Waals surface area contributed by atoms with Crippen molar-refractivity contribution >= 4 is 12.1 Å². The van der Waals surface area contributed by atoms with Crippen molar-refractivity contribution in [2.45, 2.75) is 32.2 Å². The van der Waals surface area contributed by atoms with Gasteiger partial charge in [0.1, 0.15) is 0 Å². The van der Waals surface area contributed by atoms with Gasteiger partial charge in [0.15, 0.2) is 11.5 Å². The molecule has 2 heterocycles. The standard InChI is InChI=1S/C19H25NO7/c1-13(9-14-3-4-16-17(10-14)25-11-24-16)20(2)19(22)27-12-26-18(21)15-5-7-23-8-6-15/h3-4,10,13,15H,5-9,11-12H2,1-2H3. The molecule has 0 N–H and O–H groups in total. The molecule has 1 unspecified atom stereocenters. The number of fused-ring (bicyclic) bond motifs is 1. The normalized spacial score (nSPS) is 17.3. The third kappa shape index (κ3) is 5.03. The number of nitrogens with zero attached hydrogens (tertiary/aromatic N) is 1. The molecule has 2 aliphatic rings. The van der Waals surface area contributed by atoms with Gasteiger partial charge in [-0.15, -0.1) is 0 Å². The second-order valence-electron chi connectivity index (χ2n) is 6.73. The van der Waals surface area contributed by atoms with Crippen LogP contribution in [0.1, 0.15) is 25.3 Å². The van der Waals surface area contributed by atoms with Gasteiger partial charge in [-0.25, -0.2) is 4.79 Å². The average molecular weight is 379 g/mol. The minimum absolute atomic E-state index is 0.107. The SMILES string of the molecule is CC(Cc1ccc2c(c1)OCO2)N(C)C(=O)OCOC(=O)C1CCOCC1. The van der Waals surface area contributed by atoms with Crippen LogP contribution in [0.3, 0.4) is 0 Å². The number of hydrogen-bond donors (Lipinski definition) is 0. The van der Waals surface area contributed by atoms with E-state index in [0.29, 0.717) is 38.2 Å². The third-order valence-corrected chi connectivity index (χ3v) is 4.86. The molecule has 0 aromatic heterocycles. The first-order valence-electron chi connectivity index (χ1n) is 9.07. The van der Waals surface area contributed by atoms with Crippen molar-refractivity contribution < 1.29 is 33.3 Å². The summed E-state index contributed by atoms with van der Waals surface area (Å²) in [6.45, 7) is 2.88. The lowest BCUT2D eigenvalue weighted by Gasteiger charge is -2.25. The molecule has 3 rings (SSSR count). The highest BCUT2D eigenvalue weighted by atomic mass is 16.7. The summed E-state index contributed by atoms with van der Waals surface area (Å²) >= 11 is 0. The van der Waals surface area contributed by atoms with Gasteiger partial charge < -0.3 is 28.6 Å². The number of rotatable bonds is 6. The Bertz CT molecular complexity index is 672. The molecular weight excluding hydrogens is 354 g/mol. The summed E-state index contributed by atoms with van der Waals surface area (Å²) in [5, 5.41) is 0. The van der Waals surface area contributed by atoms with Crippen molar-refractivity contribution in [1.82, 2.24) is 4.90 Å². The number of carbonyl (C=O) groups excluding carboxylic acids is 2. The topological polar surface area (TPSA) is 83.5 Å². The molecule has 1 amide bonds. The summed E-state index contributed by atoms with van der Waals surface area (Å²) in [5.74, 6) is 0.915. The number of esters is 1. The molecule has 148 valence electrons. The molecule has 1 aromatic rings. The van der Waals surface area contributed by atoms with Crippen molar-refractivity contribution in [1.29, 1.82) is 0 Å². The highest BCUT2D eigenvalue weighted by Crippen LogP contribution is 2.33. The summed E-state index contributed by atoms with van der Waals surface area (Å²) in [4.78, 5) is 25.6. The van der Waals surface area contributed by atoms with Crippen LogP contribution >= 0.6 is 0 Å². The van der Waals surface area contributed by atoms with Gasteiger partial charge in [-0.05, 0) is 43.9 Å². The maximum absolute atomic E-state index is 12.2. The van der Waals surface area contributed by atoms with Crippen LogP contribution in [0.25, 0.3) is 0 Å². The largest absolute Gasteiger partial charge is 0.454 e. The van der Waals surface area contributed by atoms with E-state index in [0.717, 1.165) is 11.3 Å². The van der Waals surface area contributed by atoms with Crippen LogP contribution < -0.4 is 9.47 Å². The van der Waals surface area contributed by atoms with Gasteiger partial charge in [-0.1, -0.05) is 6.07 Å². The molecule has 1 fully saturated rings. The smallest absolute Gasteiger partial charge is 0.412 e. The molecule has 0 bridgehead atoms. The van der Waals surface area contributed by atoms with Crippen molar-refractivity contribution in [3.8, 4) is 11.5 Å². The predicted molar refractivity (Wildman–Crippen MR) is 94.5 cm³/mol. The van der Waals surface area contributed by atoms with E-state index in [4.69, 9.17) is 23.7 Å². The Labute approximate surface area is 158 Å². The van der Waals surface area contributed by atoms with Crippen LogP contribution in [-0.4, -0.2) is 56.9 Å². The second kappa shape index (κ2) is 8.94. The Morgan fingerprint density at radius 3 is 2.70 bits per heavy atom. The van der Waals surface area contributed by atoms with Crippen molar-refractivity contribution in [3.63, 3.8) is 0 Å². The molecule has 0 radical (unpaired) electrons. The molecule has 8 heteroatoms. The van der Waals surface area contributed by atoms with Crippen LogP contribution in [-0.2, 0) is 25.4 Å². The van der Waals surface area contributed by atoms with E-state index < -0.39 is 6.09 Å². The lowest BCUT2D eigenvalue weighted by Crippen LogP contribution is -2.37. The lowest BCUT2D eigenvalue weighted by molar-refractivity contribution is -0.160. The molecule has 27 heavy (non-hydrogen) atoms. The third-order valence-electron chi connectivity index (χ3n) is 4.86. The van der Waals surface area contributed by atoms with Crippen molar-refractivity contribution in [2.24, 2.45) is 5.92 Å². The van der Waals surface area contributed by atoms with E-state index in [-0.39, 0.29) is 31.5 Å². The highest BCUT2D eigenvalue weighted by Gasteiger charge is 2.24. The molecule has 1 saturated heterocycles. The van der Waals surface area contributed by atoms with E-state index in [1.807, 2.05) is 25.1 Å². The molecule has 0 saturated carbocycles. The number of hydrogen-bond acceptors (Lipinski definition) is 7. The molecule has 0 aliphatic carbocycles. The van der Waals surface area contributed by atoms with Crippen LogP contribution in [0.4, 0.5) is 4.79 Å². The fraction of sp³-hybridized carbons (Fsp3) is 0.579. The lowest BCUT2D eigenvalue weighted by atomic mass is 10.0. The summed E-state index contributed by atoms with van der Waals surface area (Å²) in [6, 6.07) is 5.61. The Balaban J connectivity index is 1.41. The number of benzene rings is 1. The number of likely N-dealkylation sites (N-methyl/N-ethyl adjacent to an activating group) is 1. The fourth-order valence-corrected chi connectivity index (χ4v) is 3.02. The maximum Gasteiger partial charge on any atom is 0.412 e. The van der Waals surface area contributed by atoms with Crippen LogP contribution in [0.5, 0.6) is 11.5 Å². The van der Waals surface area contributed by atoms with E-state index in [9.17, 15) is 9.59 Å². The summed E-state index contributed by atoms with van der Waals surface area (Å²) in [7, 11) is 1.65. The van der Waals surface area contributed by atoms with Crippen molar-refractivity contribution in [2.75, 3.05) is 33.8 Å². The van der Waals surface area contributed by atoms with E-state index in [1.165, 1.54) is 4.90 Å².